The van der Waals surface area contributed by atoms with Crippen LogP contribution in [0.2, 0.25) is 0 Å². The van der Waals surface area contributed by atoms with E-state index in [1.165, 1.54) is 11.1 Å². The van der Waals surface area contributed by atoms with Crippen molar-refractivity contribution in [1.29, 1.82) is 0 Å². The number of piperazine rings is 1. The Labute approximate surface area is 165 Å². The van der Waals surface area contributed by atoms with Crippen LogP contribution >= 0.6 is 0 Å². The minimum absolute atomic E-state index is 0.105. The monoisotopic (exact) mass is 381 g/mol. The summed E-state index contributed by atoms with van der Waals surface area (Å²) in [5, 5.41) is 9.00. The average Bonchev–Trinajstić information content (AvgIpc) is 2.70. The summed E-state index contributed by atoms with van der Waals surface area (Å²) < 4.78 is 0. The fourth-order valence-corrected chi connectivity index (χ4v) is 4.02. The summed E-state index contributed by atoms with van der Waals surface area (Å²) in [6, 6.07) is 8.58. The van der Waals surface area contributed by atoms with Crippen LogP contribution < -0.4 is 9.80 Å². The van der Waals surface area contributed by atoms with Crippen molar-refractivity contribution in [1.82, 2.24) is 14.9 Å². The molecule has 4 rings (SSSR count). The lowest BCUT2D eigenvalue weighted by Crippen LogP contribution is -2.48. The quantitative estimate of drug-likeness (QED) is 0.867. The predicted octanol–water partition coefficient (Wildman–Crippen LogP) is 1.86. The third-order valence-corrected chi connectivity index (χ3v) is 5.80. The molecule has 7 heteroatoms. The Morgan fingerprint density at radius 1 is 1.00 bits per heavy atom. The zero-order chi connectivity index (χ0) is 19.7. The van der Waals surface area contributed by atoms with Crippen molar-refractivity contribution in [3.63, 3.8) is 0 Å². The van der Waals surface area contributed by atoms with E-state index in [-0.39, 0.29) is 6.54 Å². The van der Waals surface area contributed by atoms with Gasteiger partial charge in [-0.2, -0.15) is 4.98 Å². The summed E-state index contributed by atoms with van der Waals surface area (Å²) >= 11 is 0. The molecule has 0 atom stereocenters. The molecule has 1 aromatic heterocycles. The minimum Gasteiger partial charge on any atom is -0.480 e. The van der Waals surface area contributed by atoms with Gasteiger partial charge in [-0.15, -0.1) is 0 Å². The topological polar surface area (TPSA) is 72.8 Å². The van der Waals surface area contributed by atoms with E-state index in [1.54, 1.807) is 0 Å². The second-order valence-corrected chi connectivity index (χ2v) is 7.65. The molecule has 1 aromatic carbocycles. The van der Waals surface area contributed by atoms with Crippen LogP contribution in [0, 0.1) is 13.8 Å². The third-order valence-electron chi connectivity index (χ3n) is 5.80. The van der Waals surface area contributed by atoms with Crippen molar-refractivity contribution < 1.29 is 9.90 Å². The molecule has 1 N–H and O–H groups in total. The zero-order valence-corrected chi connectivity index (χ0v) is 16.6. The Balaban J connectivity index is 1.54. The second kappa shape index (κ2) is 7.75. The number of aryl methyl sites for hydroxylation is 1. The van der Waals surface area contributed by atoms with Crippen LogP contribution in [0.5, 0.6) is 0 Å². The Hall–Kier alpha value is -2.67. The molecule has 0 bridgehead atoms. The minimum atomic E-state index is -0.768. The van der Waals surface area contributed by atoms with Crippen LogP contribution in [0.25, 0.3) is 0 Å². The molecule has 2 aliphatic rings. The first kappa shape index (κ1) is 18.7. The molecule has 2 aliphatic heterocycles. The summed E-state index contributed by atoms with van der Waals surface area (Å²) in [6.45, 7) is 9.03. The van der Waals surface area contributed by atoms with E-state index in [0.717, 1.165) is 68.7 Å². The molecule has 1 saturated heterocycles. The highest BCUT2D eigenvalue weighted by atomic mass is 16.4. The fourth-order valence-electron chi connectivity index (χ4n) is 4.02. The number of benzene rings is 1. The van der Waals surface area contributed by atoms with Crippen molar-refractivity contribution in [2.75, 3.05) is 49.1 Å². The van der Waals surface area contributed by atoms with E-state index in [0.29, 0.717) is 0 Å². The lowest BCUT2D eigenvalue weighted by atomic mass is 10.0. The standard InChI is InChI=1S/C21H27N5O2/c1-15-16(2)22-21(26-8-7-17-5-3-4-6-18(17)13-26)23-20(15)25-11-9-24(10-12-25)14-19(27)28/h3-6H,7-14H2,1-2H3,(H,27,28). The van der Waals surface area contributed by atoms with Gasteiger partial charge in [0, 0.05) is 50.5 Å². The molecule has 7 nitrogen and oxygen atoms in total. The van der Waals surface area contributed by atoms with Crippen LogP contribution in [0.1, 0.15) is 22.4 Å². The van der Waals surface area contributed by atoms with Gasteiger partial charge in [0.2, 0.25) is 5.95 Å². The molecule has 3 heterocycles. The lowest BCUT2D eigenvalue weighted by Gasteiger charge is -2.36. The van der Waals surface area contributed by atoms with Crippen molar-refractivity contribution in [3.05, 3.63) is 46.6 Å². The van der Waals surface area contributed by atoms with Gasteiger partial charge in [-0.25, -0.2) is 4.98 Å². The summed E-state index contributed by atoms with van der Waals surface area (Å²) in [5.74, 6) is 1.01. The average molecular weight is 381 g/mol. The largest absolute Gasteiger partial charge is 0.480 e. The SMILES string of the molecule is Cc1nc(N2CCc3ccccc3C2)nc(N2CCN(CC(=O)O)CC2)c1C. The van der Waals surface area contributed by atoms with E-state index < -0.39 is 5.97 Å². The maximum atomic E-state index is 10.9. The third kappa shape index (κ3) is 3.80. The number of fused-ring (bicyclic) bond motifs is 1. The molecule has 0 unspecified atom stereocenters. The summed E-state index contributed by atoms with van der Waals surface area (Å²) in [6.07, 6.45) is 1.01. The van der Waals surface area contributed by atoms with Gasteiger partial charge < -0.3 is 14.9 Å². The maximum absolute atomic E-state index is 10.9. The number of carboxylic acid groups (broad SMARTS) is 1. The van der Waals surface area contributed by atoms with Gasteiger partial charge in [-0.1, -0.05) is 24.3 Å². The number of hydrogen-bond acceptors (Lipinski definition) is 6. The molecule has 0 saturated carbocycles. The highest BCUT2D eigenvalue weighted by molar-refractivity contribution is 5.69. The summed E-state index contributed by atoms with van der Waals surface area (Å²) in [5.41, 5.74) is 4.87. The Bertz CT molecular complexity index is 877. The number of aromatic nitrogens is 2. The van der Waals surface area contributed by atoms with Crippen molar-refractivity contribution in [3.8, 4) is 0 Å². The smallest absolute Gasteiger partial charge is 0.317 e. The van der Waals surface area contributed by atoms with Gasteiger partial charge in [-0.3, -0.25) is 9.69 Å². The van der Waals surface area contributed by atoms with Crippen molar-refractivity contribution in [2.45, 2.75) is 26.8 Å². The number of hydrogen-bond donors (Lipinski definition) is 1. The van der Waals surface area contributed by atoms with E-state index in [1.807, 2.05) is 11.8 Å². The van der Waals surface area contributed by atoms with Gasteiger partial charge >= 0.3 is 5.97 Å². The van der Waals surface area contributed by atoms with E-state index in [4.69, 9.17) is 15.1 Å². The number of rotatable bonds is 4. The summed E-state index contributed by atoms with van der Waals surface area (Å²) in [7, 11) is 0. The fraction of sp³-hybridized carbons (Fsp3) is 0.476. The van der Waals surface area contributed by atoms with Gasteiger partial charge in [0.05, 0.1) is 6.54 Å². The Kier molecular flexibility index (Phi) is 5.17. The molecule has 0 spiro atoms. The number of anilines is 2. The van der Waals surface area contributed by atoms with Gasteiger partial charge in [-0.05, 0) is 31.4 Å². The van der Waals surface area contributed by atoms with Gasteiger partial charge in [0.1, 0.15) is 5.82 Å². The first-order valence-corrected chi connectivity index (χ1v) is 9.87. The van der Waals surface area contributed by atoms with E-state index >= 15 is 0 Å². The van der Waals surface area contributed by atoms with Crippen molar-refractivity contribution >= 4 is 17.7 Å². The number of carbonyl (C=O) groups is 1. The highest BCUT2D eigenvalue weighted by Crippen LogP contribution is 2.27. The number of aliphatic carboxylic acids is 1. The molecule has 0 radical (unpaired) electrons. The van der Waals surface area contributed by atoms with Gasteiger partial charge in [0.15, 0.2) is 0 Å². The lowest BCUT2D eigenvalue weighted by molar-refractivity contribution is -0.138. The molecule has 0 aliphatic carbocycles. The molecule has 1 fully saturated rings. The first-order chi connectivity index (χ1) is 13.5. The molecule has 28 heavy (non-hydrogen) atoms. The normalized spacial score (nSPS) is 17.5. The Morgan fingerprint density at radius 2 is 1.71 bits per heavy atom. The van der Waals surface area contributed by atoms with E-state index in [9.17, 15) is 4.79 Å². The zero-order valence-electron chi connectivity index (χ0n) is 16.6. The van der Waals surface area contributed by atoms with Crippen LogP contribution in [-0.2, 0) is 17.8 Å². The summed E-state index contributed by atoms with van der Waals surface area (Å²) in [4.78, 5) is 27.2. The van der Waals surface area contributed by atoms with Crippen LogP contribution in [-0.4, -0.2) is 65.2 Å². The van der Waals surface area contributed by atoms with Gasteiger partial charge in [0.25, 0.3) is 0 Å². The molecular weight excluding hydrogens is 354 g/mol. The Morgan fingerprint density at radius 3 is 2.43 bits per heavy atom. The second-order valence-electron chi connectivity index (χ2n) is 7.65. The van der Waals surface area contributed by atoms with Crippen LogP contribution in [0.4, 0.5) is 11.8 Å². The predicted molar refractivity (Wildman–Crippen MR) is 109 cm³/mol. The van der Waals surface area contributed by atoms with E-state index in [2.05, 4.69) is 41.0 Å². The highest BCUT2D eigenvalue weighted by Gasteiger charge is 2.24. The van der Waals surface area contributed by atoms with Crippen LogP contribution in [0.3, 0.4) is 0 Å². The van der Waals surface area contributed by atoms with Crippen molar-refractivity contribution in [2.24, 2.45) is 0 Å². The molecule has 0 amide bonds. The molecule has 148 valence electrons. The molecular formula is C21H27N5O2. The maximum Gasteiger partial charge on any atom is 0.317 e. The number of carboxylic acids is 1. The first-order valence-electron chi connectivity index (χ1n) is 9.87. The number of nitrogens with zero attached hydrogens (tertiary/aromatic N) is 5. The molecule has 2 aromatic rings. The van der Waals surface area contributed by atoms with Crippen LogP contribution in [0.15, 0.2) is 24.3 Å².